The Balaban J connectivity index is 2.15. The molecule has 1 heterocycles. The molecule has 2 aromatic rings. The molecule has 1 aromatic carbocycles. The van der Waals surface area contributed by atoms with Crippen molar-refractivity contribution < 1.29 is 9.72 Å². The van der Waals surface area contributed by atoms with Gasteiger partial charge in [-0.2, -0.15) is 5.21 Å². The number of aromatic amines is 1. The Kier molecular flexibility index (Phi) is 4.54. The summed E-state index contributed by atoms with van der Waals surface area (Å²) < 4.78 is 0. The van der Waals surface area contributed by atoms with Gasteiger partial charge in [0.1, 0.15) is 0 Å². The van der Waals surface area contributed by atoms with E-state index in [1.54, 1.807) is 0 Å². The van der Waals surface area contributed by atoms with Crippen LogP contribution in [0.2, 0.25) is 0 Å². The standard InChI is InChI=1S/C12H14N6O3/c1-2-4-10(11-14-16-17-15-11)13-12(19)8-5-3-6-9(7-8)18(20)21/h3,5-7,10H,2,4H2,1H3,(H,13,19)(H,14,15,16,17). The fourth-order valence-electron chi connectivity index (χ4n) is 1.87. The number of H-pyrrole nitrogens is 1. The fraction of sp³-hybridized carbons (Fsp3) is 0.333. The number of benzene rings is 1. The Morgan fingerprint density at radius 3 is 2.95 bits per heavy atom. The topological polar surface area (TPSA) is 127 Å². The summed E-state index contributed by atoms with van der Waals surface area (Å²) in [5.74, 6) is -0.0300. The Hall–Kier alpha value is -2.84. The van der Waals surface area contributed by atoms with Gasteiger partial charge in [-0.3, -0.25) is 14.9 Å². The first-order valence-corrected chi connectivity index (χ1v) is 6.40. The predicted molar refractivity (Wildman–Crippen MR) is 72.4 cm³/mol. The van der Waals surface area contributed by atoms with Gasteiger partial charge >= 0.3 is 0 Å². The highest BCUT2D eigenvalue weighted by Crippen LogP contribution is 2.17. The molecule has 0 aliphatic heterocycles. The van der Waals surface area contributed by atoms with Gasteiger partial charge in [0.2, 0.25) is 0 Å². The van der Waals surface area contributed by atoms with E-state index in [2.05, 4.69) is 25.9 Å². The number of rotatable bonds is 6. The first-order chi connectivity index (χ1) is 10.1. The molecule has 21 heavy (non-hydrogen) atoms. The van der Waals surface area contributed by atoms with E-state index in [1.165, 1.54) is 24.3 Å². The predicted octanol–water partition coefficient (Wildman–Crippen LogP) is 1.38. The molecule has 110 valence electrons. The average molecular weight is 290 g/mol. The van der Waals surface area contributed by atoms with E-state index in [-0.39, 0.29) is 17.3 Å². The molecule has 0 saturated carbocycles. The summed E-state index contributed by atoms with van der Waals surface area (Å²) in [6.45, 7) is 1.96. The smallest absolute Gasteiger partial charge is 0.270 e. The number of aromatic nitrogens is 4. The zero-order valence-corrected chi connectivity index (χ0v) is 11.3. The van der Waals surface area contributed by atoms with Crippen LogP contribution in [0.15, 0.2) is 24.3 Å². The van der Waals surface area contributed by atoms with Gasteiger partial charge in [0.25, 0.3) is 11.6 Å². The van der Waals surface area contributed by atoms with Gasteiger partial charge in [-0.05, 0) is 12.5 Å². The second-order valence-electron chi connectivity index (χ2n) is 4.39. The number of carbonyl (C=O) groups is 1. The summed E-state index contributed by atoms with van der Waals surface area (Å²) in [4.78, 5) is 22.4. The zero-order chi connectivity index (χ0) is 15.2. The Bertz CT molecular complexity index is 628. The highest BCUT2D eigenvalue weighted by molar-refractivity contribution is 5.95. The number of tetrazole rings is 1. The van der Waals surface area contributed by atoms with Crippen LogP contribution in [-0.4, -0.2) is 31.5 Å². The lowest BCUT2D eigenvalue weighted by atomic mass is 10.1. The SMILES string of the molecule is CCCC(NC(=O)c1cccc([N+](=O)[O-])c1)c1nn[nH]n1. The van der Waals surface area contributed by atoms with Gasteiger partial charge in [-0.25, -0.2) is 0 Å². The average Bonchev–Trinajstić information content (AvgIpc) is 3.01. The number of hydrogen-bond donors (Lipinski definition) is 2. The molecule has 1 amide bonds. The van der Waals surface area contributed by atoms with Gasteiger partial charge in [0.05, 0.1) is 11.0 Å². The number of nitrogens with zero attached hydrogens (tertiary/aromatic N) is 4. The van der Waals surface area contributed by atoms with Crippen molar-refractivity contribution >= 4 is 11.6 Å². The van der Waals surface area contributed by atoms with E-state index in [0.29, 0.717) is 12.2 Å². The van der Waals surface area contributed by atoms with Gasteiger partial charge in [-0.1, -0.05) is 24.6 Å². The van der Waals surface area contributed by atoms with Crippen LogP contribution >= 0.6 is 0 Å². The Morgan fingerprint density at radius 2 is 2.33 bits per heavy atom. The molecule has 1 aromatic heterocycles. The number of amides is 1. The van der Waals surface area contributed by atoms with Gasteiger partial charge in [-0.15, -0.1) is 10.2 Å². The summed E-state index contributed by atoms with van der Waals surface area (Å²) in [6, 6.07) is 5.16. The lowest BCUT2D eigenvalue weighted by Crippen LogP contribution is -2.29. The molecule has 0 saturated heterocycles. The van der Waals surface area contributed by atoms with E-state index in [0.717, 1.165) is 6.42 Å². The third-order valence-electron chi connectivity index (χ3n) is 2.88. The third kappa shape index (κ3) is 3.59. The minimum absolute atomic E-state index is 0.130. The van der Waals surface area contributed by atoms with E-state index < -0.39 is 10.8 Å². The van der Waals surface area contributed by atoms with Crippen LogP contribution in [0, 0.1) is 10.1 Å². The monoisotopic (exact) mass is 290 g/mol. The molecule has 2 rings (SSSR count). The van der Waals surface area contributed by atoms with Crippen molar-refractivity contribution in [2.45, 2.75) is 25.8 Å². The second kappa shape index (κ2) is 6.55. The Labute approximate surface area is 119 Å². The van der Waals surface area contributed by atoms with E-state index in [1.807, 2.05) is 6.92 Å². The van der Waals surface area contributed by atoms with Crippen LogP contribution in [0.25, 0.3) is 0 Å². The normalized spacial score (nSPS) is 11.9. The number of nitro groups is 1. The quantitative estimate of drug-likeness (QED) is 0.611. The Morgan fingerprint density at radius 1 is 1.52 bits per heavy atom. The molecule has 0 spiro atoms. The molecule has 2 N–H and O–H groups in total. The highest BCUT2D eigenvalue weighted by atomic mass is 16.6. The minimum Gasteiger partial charge on any atom is -0.342 e. The van der Waals surface area contributed by atoms with Gasteiger partial charge < -0.3 is 5.32 Å². The molecule has 9 heteroatoms. The molecule has 0 radical (unpaired) electrons. The molecule has 0 aliphatic rings. The van der Waals surface area contributed by atoms with E-state index in [9.17, 15) is 14.9 Å². The maximum absolute atomic E-state index is 12.2. The number of carbonyl (C=O) groups excluding carboxylic acids is 1. The summed E-state index contributed by atoms with van der Waals surface area (Å²) in [5, 5.41) is 27.0. The third-order valence-corrected chi connectivity index (χ3v) is 2.88. The first kappa shape index (κ1) is 14.6. The maximum atomic E-state index is 12.2. The van der Waals surface area contributed by atoms with Crippen LogP contribution in [0.3, 0.4) is 0 Å². The van der Waals surface area contributed by atoms with Gasteiger partial charge in [0, 0.05) is 17.7 Å². The van der Waals surface area contributed by atoms with Crippen molar-refractivity contribution in [2.75, 3.05) is 0 Å². The number of nitro benzene ring substituents is 1. The maximum Gasteiger partial charge on any atom is 0.270 e. The molecule has 1 unspecified atom stereocenters. The van der Waals surface area contributed by atoms with Crippen molar-refractivity contribution in [3.05, 3.63) is 45.8 Å². The largest absolute Gasteiger partial charge is 0.342 e. The molecular formula is C12H14N6O3. The van der Waals surface area contributed by atoms with Crippen molar-refractivity contribution in [1.82, 2.24) is 25.9 Å². The number of hydrogen-bond acceptors (Lipinski definition) is 6. The molecular weight excluding hydrogens is 276 g/mol. The first-order valence-electron chi connectivity index (χ1n) is 6.40. The molecule has 1 atom stereocenters. The lowest BCUT2D eigenvalue weighted by molar-refractivity contribution is -0.384. The molecule has 0 bridgehead atoms. The summed E-state index contributed by atoms with van der Waals surface area (Å²) in [7, 11) is 0. The van der Waals surface area contributed by atoms with E-state index >= 15 is 0 Å². The molecule has 0 fully saturated rings. The second-order valence-corrected chi connectivity index (χ2v) is 4.39. The van der Waals surface area contributed by atoms with Crippen LogP contribution in [-0.2, 0) is 0 Å². The zero-order valence-electron chi connectivity index (χ0n) is 11.3. The van der Waals surface area contributed by atoms with Crippen molar-refractivity contribution in [2.24, 2.45) is 0 Å². The van der Waals surface area contributed by atoms with Crippen LogP contribution in [0.4, 0.5) is 5.69 Å². The summed E-state index contributed by atoms with van der Waals surface area (Å²) in [5.41, 5.74) is 0.0862. The fourth-order valence-corrected chi connectivity index (χ4v) is 1.87. The molecule has 0 aliphatic carbocycles. The van der Waals surface area contributed by atoms with Gasteiger partial charge in [0.15, 0.2) is 5.82 Å². The summed E-state index contributed by atoms with van der Waals surface area (Å²) in [6.07, 6.45) is 1.45. The van der Waals surface area contributed by atoms with Crippen molar-refractivity contribution in [3.63, 3.8) is 0 Å². The van der Waals surface area contributed by atoms with Crippen molar-refractivity contribution in [1.29, 1.82) is 0 Å². The van der Waals surface area contributed by atoms with Crippen LogP contribution in [0.5, 0.6) is 0 Å². The minimum atomic E-state index is -0.542. The number of nitrogens with one attached hydrogen (secondary N) is 2. The van der Waals surface area contributed by atoms with Crippen LogP contribution < -0.4 is 5.32 Å². The highest BCUT2D eigenvalue weighted by Gasteiger charge is 2.19. The summed E-state index contributed by atoms with van der Waals surface area (Å²) >= 11 is 0. The molecule has 9 nitrogen and oxygen atoms in total. The van der Waals surface area contributed by atoms with Crippen molar-refractivity contribution in [3.8, 4) is 0 Å². The van der Waals surface area contributed by atoms with E-state index in [4.69, 9.17) is 0 Å². The van der Waals surface area contributed by atoms with Crippen LogP contribution in [0.1, 0.15) is 42.0 Å². The number of non-ortho nitro benzene ring substituents is 1. The lowest BCUT2D eigenvalue weighted by Gasteiger charge is -2.14.